The molecule has 2 N–H and O–H groups in total. The molecule has 0 spiro atoms. The Bertz CT molecular complexity index is 616. The van der Waals surface area contributed by atoms with Crippen molar-refractivity contribution >= 4 is 31.7 Å². The van der Waals surface area contributed by atoms with Crippen molar-refractivity contribution < 1.29 is 13.2 Å². The maximum Gasteiger partial charge on any atom is 0.222 e. The zero-order chi connectivity index (χ0) is 16.2. The molecule has 1 aliphatic heterocycles. The molecule has 0 aromatic heterocycles. The highest BCUT2D eigenvalue weighted by Gasteiger charge is 2.22. The van der Waals surface area contributed by atoms with Crippen molar-refractivity contribution in [3.63, 3.8) is 0 Å². The number of halogens is 1. The number of carbonyl (C=O) groups is 1. The van der Waals surface area contributed by atoms with Gasteiger partial charge in [-0.05, 0) is 43.5 Å². The Labute approximate surface area is 139 Å². The van der Waals surface area contributed by atoms with Crippen molar-refractivity contribution in [3.8, 4) is 0 Å². The third-order valence-corrected chi connectivity index (χ3v) is 6.13. The monoisotopic (exact) mass is 388 g/mol. The Morgan fingerprint density at radius 1 is 1.32 bits per heavy atom. The summed E-state index contributed by atoms with van der Waals surface area (Å²) in [6.07, 6.45) is 2.46. The molecule has 22 heavy (non-hydrogen) atoms. The Balaban J connectivity index is 1.84. The van der Waals surface area contributed by atoms with Crippen molar-refractivity contribution in [2.45, 2.75) is 36.6 Å². The van der Waals surface area contributed by atoms with E-state index in [4.69, 9.17) is 5.73 Å². The van der Waals surface area contributed by atoms with Gasteiger partial charge in [0.05, 0.1) is 10.6 Å². The van der Waals surface area contributed by atoms with Crippen molar-refractivity contribution in [1.29, 1.82) is 0 Å². The minimum atomic E-state index is -3.33. The molecule has 1 aliphatic rings. The third-order valence-electron chi connectivity index (χ3n) is 3.79. The summed E-state index contributed by atoms with van der Waals surface area (Å²) in [6.45, 7) is 1.31. The van der Waals surface area contributed by atoms with Crippen LogP contribution in [0.5, 0.6) is 0 Å². The van der Waals surface area contributed by atoms with Gasteiger partial charge in [0.2, 0.25) is 5.91 Å². The predicted octanol–water partition coefficient (Wildman–Crippen LogP) is 1.95. The molecule has 0 saturated carbocycles. The van der Waals surface area contributed by atoms with Gasteiger partial charge in [0, 0.05) is 30.0 Å². The molecular formula is C15H21BrN2O3S. The summed E-state index contributed by atoms with van der Waals surface area (Å²) in [5.41, 5.74) is 5.86. The van der Waals surface area contributed by atoms with E-state index in [0.29, 0.717) is 17.9 Å². The lowest BCUT2D eigenvalue weighted by Crippen LogP contribution is -2.45. The molecule has 1 fully saturated rings. The molecule has 0 bridgehead atoms. The first-order valence-corrected chi connectivity index (χ1v) is 9.85. The summed E-state index contributed by atoms with van der Waals surface area (Å²) in [7, 11) is -3.33. The zero-order valence-electron chi connectivity index (χ0n) is 12.4. The van der Waals surface area contributed by atoms with Gasteiger partial charge < -0.3 is 10.6 Å². The number of nitrogens with zero attached hydrogens (tertiary/aromatic N) is 1. The van der Waals surface area contributed by atoms with Crippen LogP contribution in [-0.2, 0) is 14.6 Å². The van der Waals surface area contributed by atoms with Gasteiger partial charge in [-0.2, -0.15) is 0 Å². The lowest BCUT2D eigenvalue weighted by Gasteiger charge is -2.30. The van der Waals surface area contributed by atoms with E-state index in [-0.39, 0.29) is 24.1 Å². The highest BCUT2D eigenvalue weighted by molar-refractivity contribution is 9.10. The molecule has 0 unspecified atom stereocenters. The number of hydrogen-bond donors (Lipinski definition) is 1. The van der Waals surface area contributed by atoms with Gasteiger partial charge in [0.1, 0.15) is 0 Å². The standard InChI is InChI=1S/C15H21BrN2O3S/c16-12-5-7-14(8-6-12)22(20,21)10-2-4-15(19)18-9-1-3-13(17)11-18/h5-8,13H,1-4,9-11,17H2/t13-/m1/s1. The van der Waals surface area contributed by atoms with Crippen molar-refractivity contribution in [1.82, 2.24) is 4.90 Å². The first kappa shape index (κ1) is 17.4. The number of likely N-dealkylation sites (tertiary alicyclic amines) is 1. The predicted molar refractivity (Wildman–Crippen MR) is 89.2 cm³/mol. The lowest BCUT2D eigenvalue weighted by atomic mass is 10.1. The molecule has 1 saturated heterocycles. The number of piperidine rings is 1. The van der Waals surface area contributed by atoms with E-state index < -0.39 is 9.84 Å². The quantitative estimate of drug-likeness (QED) is 0.835. The Morgan fingerprint density at radius 2 is 2.00 bits per heavy atom. The highest BCUT2D eigenvalue weighted by atomic mass is 79.9. The van der Waals surface area contributed by atoms with E-state index in [1.54, 1.807) is 29.2 Å². The molecule has 1 heterocycles. The normalized spacial score (nSPS) is 19.2. The Hall–Kier alpha value is -0.920. The minimum absolute atomic E-state index is 0.00107. The maximum absolute atomic E-state index is 12.2. The number of hydrogen-bond acceptors (Lipinski definition) is 4. The van der Waals surface area contributed by atoms with Crippen LogP contribution in [0.2, 0.25) is 0 Å². The van der Waals surface area contributed by atoms with E-state index in [1.807, 2.05) is 0 Å². The van der Waals surface area contributed by atoms with Gasteiger partial charge in [-0.15, -0.1) is 0 Å². The second kappa shape index (κ2) is 7.57. The molecule has 0 aliphatic carbocycles. The van der Waals surface area contributed by atoms with E-state index in [0.717, 1.165) is 23.9 Å². The maximum atomic E-state index is 12.2. The first-order valence-electron chi connectivity index (χ1n) is 7.40. The van der Waals surface area contributed by atoms with Crippen LogP contribution < -0.4 is 5.73 Å². The second-order valence-electron chi connectivity index (χ2n) is 5.62. The molecule has 1 aromatic carbocycles. The number of sulfone groups is 1. The van der Waals surface area contributed by atoms with Crippen LogP contribution in [0.1, 0.15) is 25.7 Å². The summed E-state index contributed by atoms with van der Waals surface area (Å²) >= 11 is 3.28. The topological polar surface area (TPSA) is 80.5 Å². The Morgan fingerprint density at radius 3 is 2.64 bits per heavy atom. The van der Waals surface area contributed by atoms with E-state index in [2.05, 4.69) is 15.9 Å². The van der Waals surface area contributed by atoms with Crippen LogP contribution in [0.3, 0.4) is 0 Å². The van der Waals surface area contributed by atoms with Gasteiger partial charge in [-0.25, -0.2) is 8.42 Å². The molecule has 7 heteroatoms. The number of rotatable bonds is 5. The molecule has 1 atom stereocenters. The average Bonchev–Trinajstić information content (AvgIpc) is 2.47. The average molecular weight is 389 g/mol. The molecule has 122 valence electrons. The van der Waals surface area contributed by atoms with E-state index in [1.165, 1.54) is 0 Å². The Kier molecular flexibility index (Phi) is 6.00. The number of carbonyl (C=O) groups excluding carboxylic acids is 1. The van der Waals surface area contributed by atoms with Gasteiger partial charge in [-0.3, -0.25) is 4.79 Å². The first-order chi connectivity index (χ1) is 10.4. The largest absolute Gasteiger partial charge is 0.341 e. The summed E-state index contributed by atoms with van der Waals surface area (Å²) in [5, 5.41) is 0. The van der Waals surface area contributed by atoms with Crippen molar-refractivity contribution in [2.75, 3.05) is 18.8 Å². The molecule has 0 radical (unpaired) electrons. The van der Waals surface area contributed by atoms with Gasteiger partial charge >= 0.3 is 0 Å². The lowest BCUT2D eigenvalue weighted by molar-refractivity contribution is -0.132. The fraction of sp³-hybridized carbons (Fsp3) is 0.533. The SMILES string of the molecule is N[C@@H]1CCCN(C(=O)CCCS(=O)(=O)c2ccc(Br)cc2)C1. The molecule has 2 rings (SSSR count). The van der Waals surface area contributed by atoms with Gasteiger partial charge in [-0.1, -0.05) is 15.9 Å². The van der Waals surface area contributed by atoms with Crippen LogP contribution in [-0.4, -0.2) is 44.1 Å². The molecule has 5 nitrogen and oxygen atoms in total. The number of nitrogens with two attached hydrogens (primary N) is 1. The van der Waals surface area contributed by atoms with E-state index >= 15 is 0 Å². The summed E-state index contributed by atoms with van der Waals surface area (Å²) < 4.78 is 25.2. The smallest absolute Gasteiger partial charge is 0.222 e. The van der Waals surface area contributed by atoms with E-state index in [9.17, 15) is 13.2 Å². The second-order valence-corrected chi connectivity index (χ2v) is 8.64. The summed E-state index contributed by atoms with van der Waals surface area (Å²) in [4.78, 5) is 14.1. The van der Waals surface area contributed by atoms with Gasteiger partial charge in [0.25, 0.3) is 0 Å². The fourth-order valence-corrected chi connectivity index (χ4v) is 4.14. The molecule has 1 amide bonds. The van der Waals surface area contributed by atoms with Gasteiger partial charge in [0.15, 0.2) is 9.84 Å². The van der Waals surface area contributed by atoms with Crippen LogP contribution in [0.4, 0.5) is 0 Å². The molecular weight excluding hydrogens is 368 g/mol. The summed E-state index contributed by atoms with van der Waals surface area (Å²) in [5.74, 6) is -0.0126. The number of benzene rings is 1. The van der Waals surface area contributed by atoms with Crippen LogP contribution in [0.15, 0.2) is 33.6 Å². The fourth-order valence-electron chi connectivity index (χ4n) is 2.57. The highest BCUT2D eigenvalue weighted by Crippen LogP contribution is 2.17. The van der Waals surface area contributed by atoms with Crippen LogP contribution in [0.25, 0.3) is 0 Å². The third kappa shape index (κ3) is 4.79. The van der Waals surface area contributed by atoms with Crippen molar-refractivity contribution in [3.05, 3.63) is 28.7 Å². The van der Waals surface area contributed by atoms with Crippen LogP contribution >= 0.6 is 15.9 Å². The minimum Gasteiger partial charge on any atom is -0.341 e. The summed E-state index contributed by atoms with van der Waals surface area (Å²) in [6, 6.07) is 6.60. The van der Waals surface area contributed by atoms with Crippen LogP contribution in [0, 0.1) is 0 Å². The van der Waals surface area contributed by atoms with Crippen molar-refractivity contribution in [2.24, 2.45) is 5.73 Å². The molecule has 1 aromatic rings. The number of amides is 1. The zero-order valence-corrected chi connectivity index (χ0v) is 14.8.